The number of nitrogens with one attached hydrogen (secondary N) is 1. The molecule has 0 rings (SSSR count). The molecule has 0 bridgehead atoms. The molecule has 0 aromatic heterocycles. The van der Waals surface area contributed by atoms with Crippen molar-refractivity contribution in [2.45, 2.75) is 78.9 Å². The van der Waals surface area contributed by atoms with Gasteiger partial charge in [-0.05, 0) is 38.6 Å². The molecule has 0 aliphatic heterocycles. The standard InChI is InChI=1S/C15H33NO/c1-7-12-16-14(13(6)8-2)15(9-3,10-4)17-11-5/h13-14,16H,7-12H2,1-6H3. The molecule has 0 radical (unpaired) electrons. The summed E-state index contributed by atoms with van der Waals surface area (Å²) in [4.78, 5) is 0. The minimum Gasteiger partial charge on any atom is -0.374 e. The molecule has 2 nitrogen and oxygen atoms in total. The molecule has 1 N–H and O–H groups in total. The summed E-state index contributed by atoms with van der Waals surface area (Å²) in [6, 6.07) is 0.474. The largest absolute Gasteiger partial charge is 0.374 e. The molecule has 2 atom stereocenters. The molecule has 0 aliphatic carbocycles. The van der Waals surface area contributed by atoms with E-state index < -0.39 is 0 Å². The Morgan fingerprint density at radius 2 is 1.65 bits per heavy atom. The maximum atomic E-state index is 6.15. The van der Waals surface area contributed by atoms with Crippen LogP contribution in [0.4, 0.5) is 0 Å². The Balaban J connectivity index is 4.90. The highest BCUT2D eigenvalue weighted by Crippen LogP contribution is 2.30. The first-order valence-corrected chi connectivity index (χ1v) is 7.49. The monoisotopic (exact) mass is 243 g/mol. The summed E-state index contributed by atoms with van der Waals surface area (Å²) in [5.41, 5.74) is 0.0132. The van der Waals surface area contributed by atoms with Crippen LogP contribution in [0, 0.1) is 5.92 Å². The van der Waals surface area contributed by atoms with Gasteiger partial charge < -0.3 is 10.1 Å². The van der Waals surface area contributed by atoms with Gasteiger partial charge in [0.1, 0.15) is 0 Å². The van der Waals surface area contributed by atoms with E-state index in [2.05, 4.69) is 46.9 Å². The van der Waals surface area contributed by atoms with Crippen molar-refractivity contribution in [3.8, 4) is 0 Å². The smallest absolute Gasteiger partial charge is 0.0831 e. The fourth-order valence-corrected chi connectivity index (χ4v) is 2.71. The fraction of sp³-hybridized carbons (Fsp3) is 1.00. The zero-order valence-electron chi connectivity index (χ0n) is 12.8. The molecule has 0 aliphatic rings. The molecule has 2 unspecified atom stereocenters. The highest BCUT2D eigenvalue weighted by molar-refractivity contribution is 4.94. The van der Waals surface area contributed by atoms with E-state index in [0.717, 1.165) is 26.0 Å². The summed E-state index contributed by atoms with van der Waals surface area (Å²) < 4.78 is 6.15. The third kappa shape index (κ3) is 4.59. The quantitative estimate of drug-likeness (QED) is 0.626. The van der Waals surface area contributed by atoms with Crippen LogP contribution in [0.1, 0.15) is 67.2 Å². The molecular weight excluding hydrogens is 210 g/mol. The first-order valence-electron chi connectivity index (χ1n) is 7.49. The Kier molecular flexibility index (Phi) is 8.89. The van der Waals surface area contributed by atoms with Crippen LogP contribution in [0.15, 0.2) is 0 Å². The van der Waals surface area contributed by atoms with Gasteiger partial charge in [0.15, 0.2) is 0 Å². The van der Waals surface area contributed by atoms with Gasteiger partial charge in [0.05, 0.1) is 5.60 Å². The highest BCUT2D eigenvalue weighted by Gasteiger charge is 2.38. The lowest BCUT2D eigenvalue weighted by atomic mass is 9.80. The number of ether oxygens (including phenoxy) is 1. The van der Waals surface area contributed by atoms with E-state index in [1.54, 1.807) is 0 Å². The lowest BCUT2D eigenvalue weighted by Gasteiger charge is -2.43. The molecule has 0 amide bonds. The Morgan fingerprint density at radius 3 is 2.00 bits per heavy atom. The van der Waals surface area contributed by atoms with Crippen LogP contribution in [-0.4, -0.2) is 24.8 Å². The van der Waals surface area contributed by atoms with Crippen molar-refractivity contribution in [2.24, 2.45) is 5.92 Å². The molecule has 0 heterocycles. The second-order valence-corrected chi connectivity index (χ2v) is 5.02. The highest BCUT2D eigenvalue weighted by atomic mass is 16.5. The summed E-state index contributed by atoms with van der Waals surface area (Å²) in [7, 11) is 0. The second kappa shape index (κ2) is 8.93. The predicted molar refractivity (Wildman–Crippen MR) is 76.5 cm³/mol. The van der Waals surface area contributed by atoms with Crippen LogP contribution in [0.5, 0.6) is 0 Å². The van der Waals surface area contributed by atoms with E-state index in [0.29, 0.717) is 12.0 Å². The van der Waals surface area contributed by atoms with Crippen molar-refractivity contribution in [1.82, 2.24) is 5.32 Å². The predicted octanol–water partition coefficient (Wildman–Crippen LogP) is 4.00. The molecule has 0 saturated carbocycles. The van der Waals surface area contributed by atoms with Crippen LogP contribution in [0.2, 0.25) is 0 Å². The number of hydrogen-bond donors (Lipinski definition) is 1. The first kappa shape index (κ1) is 16.9. The van der Waals surface area contributed by atoms with Crippen LogP contribution >= 0.6 is 0 Å². The fourth-order valence-electron chi connectivity index (χ4n) is 2.71. The Labute approximate surface area is 109 Å². The second-order valence-electron chi connectivity index (χ2n) is 5.02. The Hall–Kier alpha value is -0.0800. The molecule has 104 valence electrons. The third-order valence-electron chi connectivity index (χ3n) is 4.02. The summed E-state index contributed by atoms with van der Waals surface area (Å²) in [5, 5.41) is 3.72. The van der Waals surface area contributed by atoms with E-state index in [9.17, 15) is 0 Å². The lowest BCUT2D eigenvalue weighted by molar-refractivity contribution is -0.0841. The zero-order chi connectivity index (χ0) is 13.3. The van der Waals surface area contributed by atoms with Crippen LogP contribution in [0.25, 0.3) is 0 Å². The van der Waals surface area contributed by atoms with Crippen molar-refractivity contribution in [3.63, 3.8) is 0 Å². The molecule has 2 heteroatoms. The molecule has 0 spiro atoms. The van der Waals surface area contributed by atoms with Gasteiger partial charge in [-0.15, -0.1) is 0 Å². The molecule has 0 saturated heterocycles. The normalized spacial score (nSPS) is 15.9. The lowest BCUT2D eigenvalue weighted by Crippen LogP contribution is -2.55. The number of rotatable bonds is 10. The topological polar surface area (TPSA) is 21.3 Å². The summed E-state index contributed by atoms with van der Waals surface area (Å²) in [6.45, 7) is 15.3. The van der Waals surface area contributed by atoms with Crippen LogP contribution in [-0.2, 0) is 4.74 Å². The zero-order valence-corrected chi connectivity index (χ0v) is 12.8. The minimum absolute atomic E-state index is 0.0132. The van der Waals surface area contributed by atoms with Gasteiger partial charge in [-0.25, -0.2) is 0 Å². The molecule has 17 heavy (non-hydrogen) atoms. The van der Waals surface area contributed by atoms with Gasteiger partial charge in [-0.1, -0.05) is 41.0 Å². The summed E-state index contributed by atoms with van der Waals surface area (Å²) >= 11 is 0. The average molecular weight is 243 g/mol. The molecule has 0 fully saturated rings. The Bertz CT molecular complexity index is 178. The maximum Gasteiger partial charge on any atom is 0.0831 e. The van der Waals surface area contributed by atoms with Gasteiger partial charge in [0.25, 0.3) is 0 Å². The van der Waals surface area contributed by atoms with Crippen molar-refractivity contribution in [1.29, 1.82) is 0 Å². The molecule has 0 aromatic carbocycles. The van der Waals surface area contributed by atoms with Crippen LogP contribution < -0.4 is 5.32 Å². The van der Waals surface area contributed by atoms with E-state index in [1.807, 2.05) is 0 Å². The molecular formula is C15H33NO. The van der Waals surface area contributed by atoms with E-state index in [1.165, 1.54) is 12.8 Å². The minimum atomic E-state index is 0.0132. The summed E-state index contributed by atoms with van der Waals surface area (Å²) in [5.74, 6) is 0.660. The average Bonchev–Trinajstić information content (AvgIpc) is 2.37. The van der Waals surface area contributed by atoms with Gasteiger partial charge >= 0.3 is 0 Å². The van der Waals surface area contributed by atoms with Crippen molar-refractivity contribution in [3.05, 3.63) is 0 Å². The summed E-state index contributed by atoms with van der Waals surface area (Å²) in [6.07, 6.45) is 4.56. The van der Waals surface area contributed by atoms with E-state index >= 15 is 0 Å². The van der Waals surface area contributed by atoms with Gasteiger partial charge in [-0.3, -0.25) is 0 Å². The van der Waals surface area contributed by atoms with Gasteiger partial charge in [0, 0.05) is 12.6 Å². The number of hydrogen-bond acceptors (Lipinski definition) is 2. The van der Waals surface area contributed by atoms with Crippen molar-refractivity contribution < 1.29 is 4.74 Å². The third-order valence-corrected chi connectivity index (χ3v) is 4.02. The first-order chi connectivity index (χ1) is 8.11. The van der Waals surface area contributed by atoms with E-state index in [4.69, 9.17) is 4.74 Å². The molecule has 0 aromatic rings. The SMILES string of the molecule is CCCNC(C(C)CC)C(CC)(CC)OCC. The van der Waals surface area contributed by atoms with Crippen molar-refractivity contribution >= 4 is 0 Å². The van der Waals surface area contributed by atoms with Gasteiger partial charge in [0.2, 0.25) is 0 Å². The van der Waals surface area contributed by atoms with Crippen molar-refractivity contribution in [2.75, 3.05) is 13.2 Å². The van der Waals surface area contributed by atoms with Gasteiger partial charge in [-0.2, -0.15) is 0 Å². The van der Waals surface area contributed by atoms with Crippen LogP contribution in [0.3, 0.4) is 0 Å². The van der Waals surface area contributed by atoms with E-state index in [-0.39, 0.29) is 5.60 Å². The maximum absolute atomic E-state index is 6.15. The Morgan fingerprint density at radius 1 is 1.06 bits per heavy atom.